The molecule has 6 rings (SSSR count). The van der Waals surface area contributed by atoms with Crippen LogP contribution in [0.25, 0.3) is 0 Å². The number of rotatable bonds is 12. The molecule has 0 spiro atoms. The molecule has 268 valence electrons. The fourth-order valence-electron chi connectivity index (χ4n) is 8.76. The van der Waals surface area contributed by atoms with Crippen molar-refractivity contribution in [1.82, 2.24) is 16.0 Å². The quantitative estimate of drug-likeness (QED) is 0.0544. The first-order chi connectivity index (χ1) is 24.1. The number of likely N-dealkylation sites (N-methyl/N-ethyl adjacent to an activating group) is 1. The van der Waals surface area contributed by atoms with Gasteiger partial charge >= 0.3 is 5.97 Å². The maximum atomic E-state index is 14.4. The molecule has 2 fully saturated rings. The van der Waals surface area contributed by atoms with Gasteiger partial charge in [0.15, 0.2) is 17.3 Å². The van der Waals surface area contributed by atoms with Crippen molar-refractivity contribution in [2.24, 2.45) is 33.7 Å². The number of carbonyl (C=O) groups excluding carboxylic acids is 3. The lowest BCUT2D eigenvalue weighted by Gasteiger charge is -2.41. The molecule has 1 aromatic carbocycles. The Kier molecular flexibility index (Phi) is 10.1. The average Bonchev–Trinajstić information content (AvgIpc) is 3.60. The van der Waals surface area contributed by atoms with Crippen LogP contribution in [0.15, 0.2) is 76.6 Å². The first-order valence-corrected chi connectivity index (χ1v) is 18.1. The number of guanidine groups is 1. The molecule has 0 amide bonds. The second-order valence-corrected chi connectivity index (χ2v) is 14.4. The van der Waals surface area contributed by atoms with E-state index in [1.54, 1.807) is 31.3 Å². The van der Waals surface area contributed by atoms with Crippen molar-refractivity contribution in [3.8, 4) is 0 Å². The monoisotopic (exact) mass is 684 g/mol. The number of nitrogens with one attached hydrogen (secondary N) is 3. The zero-order valence-electron chi connectivity index (χ0n) is 29.7. The Morgan fingerprint density at radius 2 is 1.88 bits per heavy atom. The second kappa shape index (κ2) is 14.2. The van der Waals surface area contributed by atoms with Crippen LogP contribution in [0, 0.1) is 17.3 Å². The number of nitrogens with two attached hydrogens (primary N) is 2. The van der Waals surface area contributed by atoms with E-state index < -0.39 is 28.4 Å². The minimum absolute atomic E-state index is 0.0281. The van der Waals surface area contributed by atoms with Gasteiger partial charge in [0, 0.05) is 48.5 Å². The first kappa shape index (κ1) is 35.6. The van der Waals surface area contributed by atoms with Crippen LogP contribution in [0.3, 0.4) is 0 Å². The van der Waals surface area contributed by atoms with Crippen LogP contribution in [0.5, 0.6) is 0 Å². The van der Waals surface area contributed by atoms with Gasteiger partial charge in [0.1, 0.15) is 0 Å². The molecule has 0 aromatic heterocycles. The third kappa shape index (κ3) is 5.98. The van der Waals surface area contributed by atoms with E-state index in [1.165, 1.54) is 0 Å². The molecule has 0 radical (unpaired) electrons. The zero-order valence-corrected chi connectivity index (χ0v) is 29.7. The predicted molar refractivity (Wildman–Crippen MR) is 193 cm³/mol. The summed E-state index contributed by atoms with van der Waals surface area (Å²) in [7, 11) is 1.64. The highest BCUT2D eigenvalue weighted by Crippen LogP contribution is 2.59. The van der Waals surface area contributed by atoms with Crippen molar-refractivity contribution in [3.05, 3.63) is 82.7 Å². The van der Waals surface area contributed by atoms with Gasteiger partial charge in [0.25, 0.3) is 5.60 Å². The second-order valence-electron chi connectivity index (χ2n) is 14.4. The van der Waals surface area contributed by atoms with Crippen molar-refractivity contribution in [2.45, 2.75) is 89.0 Å². The summed E-state index contributed by atoms with van der Waals surface area (Å²) in [4.78, 5) is 47.0. The number of hydrogen-bond donors (Lipinski definition) is 5. The smallest absolute Gasteiger partial charge is 0.350 e. The van der Waals surface area contributed by atoms with E-state index in [9.17, 15) is 14.4 Å². The average molecular weight is 685 g/mol. The molecule has 7 N–H and O–H groups in total. The van der Waals surface area contributed by atoms with Gasteiger partial charge in [-0.25, -0.2) is 4.79 Å². The van der Waals surface area contributed by atoms with Gasteiger partial charge < -0.3 is 36.9 Å². The molecule has 2 heterocycles. The van der Waals surface area contributed by atoms with Gasteiger partial charge in [-0.3, -0.25) is 14.6 Å². The predicted octanol–water partition coefficient (Wildman–Crippen LogP) is 3.83. The van der Waals surface area contributed by atoms with Gasteiger partial charge in [-0.15, -0.1) is 0 Å². The number of allylic oxidation sites excluding steroid dienone is 1. The number of fused-ring (bicyclic) bond motifs is 2. The van der Waals surface area contributed by atoms with Crippen LogP contribution < -0.4 is 27.4 Å². The molecule has 6 atom stereocenters. The van der Waals surface area contributed by atoms with Gasteiger partial charge in [-0.1, -0.05) is 80.8 Å². The van der Waals surface area contributed by atoms with Crippen molar-refractivity contribution in [2.75, 3.05) is 26.7 Å². The van der Waals surface area contributed by atoms with Gasteiger partial charge in [0.05, 0.1) is 18.5 Å². The SMILES string of the molecule is CCN[C@@H]1C=C[C@H](CC)C[C@H]1COC(=O)[C@]12O[C@@]1(C/C=C(\C)C1([C@@H](NC(N)=NC)C3=CCNC(N)=C3)CCCC1)C(=O)c1ccccc1C2=O. The molecular formula is C39H52N6O5. The van der Waals surface area contributed by atoms with Gasteiger partial charge in [-0.2, -0.15) is 0 Å². The Hall–Kier alpha value is -4.22. The zero-order chi connectivity index (χ0) is 35.7. The molecule has 11 nitrogen and oxygen atoms in total. The summed E-state index contributed by atoms with van der Waals surface area (Å²) in [5.41, 5.74) is 10.8. The number of Topliss-reactive ketones (excluding diaryl/α,β-unsaturated/α-hetero) is 2. The summed E-state index contributed by atoms with van der Waals surface area (Å²) in [5.74, 6) is -0.401. The number of nitrogens with zero attached hydrogens (tertiary/aromatic N) is 1. The third-order valence-electron chi connectivity index (χ3n) is 11.7. The number of esters is 1. The van der Waals surface area contributed by atoms with Crippen LogP contribution >= 0.6 is 0 Å². The third-order valence-corrected chi connectivity index (χ3v) is 11.7. The summed E-state index contributed by atoms with van der Waals surface area (Å²) in [6, 6.07) is 6.45. The minimum atomic E-state index is -2.04. The van der Waals surface area contributed by atoms with E-state index in [4.69, 9.17) is 20.9 Å². The lowest BCUT2D eigenvalue weighted by Crippen LogP contribution is -2.52. The maximum Gasteiger partial charge on any atom is 0.350 e. The van der Waals surface area contributed by atoms with E-state index in [2.05, 4.69) is 53.0 Å². The van der Waals surface area contributed by atoms with Crippen molar-refractivity contribution in [3.63, 3.8) is 0 Å². The largest absolute Gasteiger partial charge is 0.463 e. The van der Waals surface area contributed by atoms with Crippen LogP contribution in [0.4, 0.5) is 0 Å². The summed E-state index contributed by atoms with van der Waals surface area (Å²) >= 11 is 0. The molecular weight excluding hydrogens is 632 g/mol. The Labute approximate surface area is 295 Å². The van der Waals surface area contributed by atoms with Crippen molar-refractivity contribution in [1.29, 1.82) is 0 Å². The molecule has 1 saturated heterocycles. The molecule has 3 aliphatic carbocycles. The number of dihydropyridines is 1. The lowest BCUT2D eigenvalue weighted by atomic mass is 9.68. The number of aliphatic imine (C=N–C) groups is 1. The Morgan fingerprint density at radius 3 is 2.54 bits per heavy atom. The van der Waals surface area contributed by atoms with Gasteiger partial charge in [0.2, 0.25) is 5.78 Å². The highest BCUT2D eigenvalue weighted by molar-refractivity contribution is 6.32. The highest BCUT2D eigenvalue weighted by atomic mass is 16.7. The van der Waals surface area contributed by atoms with Crippen LogP contribution in [-0.2, 0) is 14.3 Å². The topological polar surface area (TPSA) is 173 Å². The standard InChI is InChI=1S/C39H52N6O5/c1-5-25-13-14-30(43-6-2)27(21-25)23-49-35(48)39-34(47)29-12-8-7-11-28(29)33(46)38(39,50-39)19-15-24(3)37(17-9-10-18-37)32(45-36(41)42-4)26-16-20-44-31(40)22-26/h7-8,11-16,22,25,27,30,32,43-44H,5-6,9-10,17-21,23,40H2,1-4H3,(H3,41,42,45)/b24-15+/t25-,27-,30+,32-,38-,39-/m0/s1. The highest BCUT2D eigenvalue weighted by Gasteiger charge is 2.85. The minimum Gasteiger partial charge on any atom is -0.463 e. The number of benzene rings is 1. The lowest BCUT2D eigenvalue weighted by molar-refractivity contribution is -0.149. The molecule has 2 aliphatic heterocycles. The Morgan fingerprint density at radius 1 is 1.16 bits per heavy atom. The number of ketones is 2. The molecule has 11 heteroatoms. The molecule has 0 unspecified atom stereocenters. The van der Waals surface area contributed by atoms with E-state index >= 15 is 0 Å². The van der Waals surface area contributed by atoms with E-state index in [0.717, 1.165) is 56.2 Å². The molecule has 0 bridgehead atoms. The summed E-state index contributed by atoms with van der Waals surface area (Å²) in [6.45, 7) is 7.72. The molecule has 1 saturated carbocycles. The van der Waals surface area contributed by atoms with Crippen LogP contribution in [0.1, 0.15) is 86.4 Å². The number of carbonyl (C=O) groups is 3. The van der Waals surface area contributed by atoms with Crippen LogP contribution in [0.2, 0.25) is 0 Å². The number of epoxide rings is 1. The fourth-order valence-corrected chi connectivity index (χ4v) is 8.76. The summed E-state index contributed by atoms with van der Waals surface area (Å²) < 4.78 is 12.3. The molecule has 50 heavy (non-hydrogen) atoms. The maximum absolute atomic E-state index is 14.4. The van der Waals surface area contributed by atoms with Crippen molar-refractivity contribution >= 4 is 23.5 Å². The Bertz CT molecular complexity index is 1670. The fraction of sp³-hybridized carbons (Fsp3) is 0.538. The van der Waals surface area contributed by atoms with Gasteiger partial charge in [-0.05, 0) is 56.7 Å². The Balaban J connectivity index is 1.33. The van der Waals surface area contributed by atoms with Crippen molar-refractivity contribution < 1.29 is 23.9 Å². The first-order valence-electron chi connectivity index (χ1n) is 18.1. The summed E-state index contributed by atoms with van der Waals surface area (Å²) in [5, 5.41) is 10.1. The van der Waals surface area contributed by atoms with E-state index in [-0.39, 0.29) is 47.9 Å². The van der Waals surface area contributed by atoms with E-state index in [1.807, 2.05) is 19.1 Å². The molecule has 5 aliphatic rings. The van der Waals surface area contributed by atoms with Crippen LogP contribution in [-0.4, -0.2) is 73.5 Å². The number of ether oxygens (including phenoxy) is 2. The summed E-state index contributed by atoms with van der Waals surface area (Å²) in [6.07, 6.45) is 16.0. The number of hydrogen-bond acceptors (Lipinski definition) is 9. The normalized spacial score (nSPS) is 30.8. The molecule has 1 aromatic rings. The van der Waals surface area contributed by atoms with E-state index in [0.29, 0.717) is 24.2 Å².